The van der Waals surface area contributed by atoms with E-state index in [9.17, 15) is 26.7 Å². The highest BCUT2D eigenvalue weighted by molar-refractivity contribution is 7.91. The molecule has 2 fully saturated rings. The molecule has 2 aromatic rings. The van der Waals surface area contributed by atoms with Crippen LogP contribution in [0.3, 0.4) is 0 Å². The van der Waals surface area contributed by atoms with Crippen LogP contribution in [0.25, 0.3) is 0 Å². The molecule has 1 saturated heterocycles. The number of benzene rings is 1. The van der Waals surface area contributed by atoms with Gasteiger partial charge in [0.15, 0.2) is 21.5 Å². The Labute approximate surface area is 194 Å². The second-order valence-corrected chi connectivity index (χ2v) is 11.4. The molecule has 2 aliphatic heterocycles. The van der Waals surface area contributed by atoms with Crippen LogP contribution in [0.1, 0.15) is 43.7 Å². The summed E-state index contributed by atoms with van der Waals surface area (Å²) in [5.74, 6) is -4.00. The van der Waals surface area contributed by atoms with Crippen LogP contribution in [0.5, 0.6) is 0 Å². The molecule has 182 valence electrons. The average Bonchev–Trinajstić information content (AvgIpc) is 3.30. The fraction of sp³-hybridized carbons (Fsp3) is 0.500. The molecule has 34 heavy (non-hydrogen) atoms. The summed E-state index contributed by atoms with van der Waals surface area (Å²) >= 11 is 0. The van der Waals surface area contributed by atoms with Gasteiger partial charge >= 0.3 is 0 Å². The van der Waals surface area contributed by atoms with Crippen molar-refractivity contribution in [3.8, 4) is 0 Å². The smallest absolute Gasteiger partial charge is 0.223 e. The van der Waals surface area contributed by atoms with Crippen molar-refractivity contribution in [2.24, 2.45) is 10.9 Å². The molecule has 1 saturated carbocycles. The van der Waals surface area contributed by atoms with Crippen LogP contribution < -0.4 is 10.6 Å². The van der Waals surface area contributed by atoms with Crippen LogP contribution in [0.15, 0.2) is 23.3 Å². The van der Waals surface area contributed by atoms with Crippen molar-refractivity contribution in [3.05, 3.63) is 41.5 Å². The van der Waals surface area contributed by atoms with Crippen molar-refractivity contribution in [1.29, 1.82) is 0 Å². The first-order chi connectivity index (χ1) is 16.2. The van der Waals surface area contributed by atoms with Crippen molar-refractivity contribution in [2.45, 2.75) is 50.2 Å². The largest absolute Gasteiger partial charge is 0.393 e. The third kappa shape index (κ3) is 4.61. The number of aliphatic hydroxyl groups excluding tert-OH is 1. The fourth-order valence-electron chi connectivity index (χ4n) is 4.94. The molecule has 3 heterocycles. The number of aromatic nitrogens is 2. The lowest BCUT2D eigenvalue weighted by atomic mass is 9.89. The number of sulfone groups is 1. The van der Waals surface area contributed by atoms with E-state index in [-0.39, 0.29) is 29.5 Å². The Bertz CT molecular complexity index is 1230. The topological polar surface area (TPSA) is 117 Å². The third-order valence-corrected chi connectivity index (χ3v) is 8.45. The molecular formula is C22H24F3N5O3S. The second kappa shape index (κ2) is 8.81. The number of nitrogens with one attached hydrogen (secondary N) is 2. The van der Waals surface area contributed by atoms with E-state index < -0.39 is 44.8 Å². The van der Waals surface area contributed by atoms with Gasteiger partial charge in [0.25, 0.3) is 0 Å². The SMILES string of the molecule is O=S1(=O)CC[C@H](C2C(=Nc3c(F)cc(F)cc3F)Nc3cnc(NC4CCC(O)CC4)nc32)C1. The van der Waals surface area contributed by atoms with Gasteiger partial charge in [-0.15, -0.1) is 0 Å². The zero-order valence-electron chi connectivity index (χ0n) is 18.1. The van der Waals surface area contributed by atoms with Gasteiger partial charge in [-0.2, -0.15) is 0 Å². The summed E-state index contributed by atoms with van der Waals surface area (Å²) in [7, 11) is -3.25. The van der Waals surface area contributed by atoms with E-state index in [4.69, 9.17) is 0 Å². The summed E-state index contributed by atoms with van der Waals surface area (Å²) in [6, 6.07) is 1.18. The maximum absolute atomic E-state index is 14.3. The van der Waals surface area contributed by atoms with Gasteiger partial charge < -0.3 is 15.7 Å². The molecule has 2 atom stereocenters. The molecule has 0 spiro atoms. The summed E-state index contributed by atoms with van der Waals surface area (Å²) in [6.07, 6.45) is 4.47. The van der Waals surface area contributed by atoms with Crippen molar-refractivity contribution in [3.63, 3.8) is 0 Å². The van der Waals surface area contributed by atoms with Gasteiger partial charge in [0, 0.05) is 18.2 Å². The quantitative estimate of drug-likeness (QED) is 0.596. The summed E-state index contributed by atoms with van der Waals surface area (Å²) in [6.45, 7) is 0. The number of aliphatic imine (C=N–C) groups is 1. The van der Waals surface area contributed by atoms with Crippen molar-refractivity contribution in [1.82, 2.24) is 9.97 Å². The van der Waals surface area contributed by atoms with Gasteiger partial charge in [0.2, 0.25) is 5.95 Å². The molecule has 12 heteroatoms. The summed E-state index contributed by atoms with van der Waals surface area (Å²) in [5, 5.41) is 16.0. The molecule has 0 amide bonds. The zero-order valence-corrected chi connectivity index (χ0v) is 19.0. The lowest BCUT2D eigenvalue weighted by molar-refractivity contribution is 0.126. The molecule has 0 radical (unpaired) electrons. The van der Waals surface area contributed by atoms with E-state index in [1.54, 1.807) is 0 Å². The van der Waals surface area contributed by atoms with E-state index in [1.165, 1.54) is 6.20 Å². The van der Waals surface area contributed by atoms with Gasteiger partial charge in [-0.1, -0.05) is 0 Å². The monoisotopic (exact) mass is 495 g/mol. The van der Waals surface area contributed by atoms with E-state index in [2.05, 4.69) is 25.6 Å². The maximum atomic E-state index is 14.3. The highest BCUT2D eigenvalue weighted by atomic mass is 32.2. The van der Waals surface area contributed by atoms with E-state index in [0.717, 1.165) is 12.8 Å². The highest BCUT2D eigenvalue weighted by Crippen LogP contribution is 2.42. The molecule has 8 nitrogen and oxygen atoms in total. The van der Waals surface area contributed by atoms with Crippen LogP contribution in [0.2, 0.25) is 0 Å². The Kier molecular flexibility index (Phi) is 5.96. The zero-order chi connectivity index (χ0) is 24.0. The minimum Gasteiger partial charge on any atom is -0.393 e. The predicted octanol–water partition coefficient (Wildman–Crippen LogP) is 3.28. The molecule has 3 N–H and O–H groups in total. The minimum atomic E-state index is -3.25. The third-order valence-electron chi connectivity index (χ3n) is 6.65. The molecule has 5 rings (SSSR count). The normalized spacial score (nSPS) is 29.1. The molecule has 1 aromatic heterocycles. The van der Waals surface area contributed by atoms with Crippen molar-refractivity contribution < 1.29 is 26.7 Å². The first-order valence-electron chi connectivity index (χ1n) is 11.2. The van der Waals surface area contributed by atoms with Gasteiger partial charge in [0.1, 0.15) is 17.3 Å². The lowest BCUT2D eigenvalue weighted by Crippen LogP contribution is -2.29. The summed E-state index contributed by atoms with van der Waals surface area (Å²) in [5.41, 5.74) is 0.312. The number of hydrogen-bond acceptors (Lipinski definition) is 7. The van der Waals surface area contributed by atoms with Gasteiger partial charge in [-0.05, 0) is 38.0 Å². The van der Waals surface area contributed by atoms with Crippen LogP contribution in [-0.4, -0.2) is 53.0 Å². The van der Waals surface area contributed by atoms with Crippen LogP contribution in [0.4, 0.5) is 30.5 Å². The number of anilines is 2. The highest BCUT2D eigenvalue weighted by Gasteiger charge is 2.43. The Morgan fingerprint density at radius 2 is 1.79 bits per heavy atom. The Hall–Kier alpha value is -2.73. The van der Waals surface area contributed by atoms with Crippen LogP contribution in [0, 0.1) is 23.4 Å². The predicted molar refractivity (Wildman–Crippen MR) is 120 cm³/mol. The Balaban J connectivity index is 1.50. The standard InChI is InChI=1S/C22H24F3N5O3S/c23-12-7-15(24)19(16(25)8-12)29-21-18(11-5-6-34(32,33)10-11)20-17(28-21)9-26-22(30-20)27-13-1-3-14(31)4-2-13/h7-9,11,13-14,18,31H,1-6,10H2,(H,28,29)(H,26,27,30)/t11-,13?,14?,18?/m0/s1. The van der Waals surface area contributed by atoms with Crippen LogP contribution >= 0.6 is 0 Å². The number of hydrogen-bond donors (Lipinski definition) is 3. The number of amidine groups is 1. The average molecular weight is 496 g/mol. The first-order valence-corrected chi connectivity index (χ1v) is 13.0. The number of fused-ring (bicyclic) bond motifs is 1. The second-order valence-electron chi connectivity index (χ2n) is 9.12. The van der Waals surface area contributed by atoms with Gasteiger partial charge in [-0.25, -0.2) is 36.5 Å². The first kappa shape index (κ1) is 23.0. The minimum absolute atomic E-state index is 0.0106. The maximum Gasteiger partial charge on any atom is 0.223 e. The Morgan fingerprint density at radius 1 is 1.09 bits per heavy atom. The van der Waals surface area contributed by atoms with E-state index >= 15 is 0 Å². The van der Waals surface area contributed by atoms with Crippen LogP contribution in [-0.2, 0) is 9.84 Å². The molecule has 1 unspecified atom stereocenters. The molecule has 1 aromatic carbocycles. The van der Waals surface area contributed by atoms with Gasteiger partial charge in [-0.3, -0.25) is 0 Å². The Morgan fingerprint density at radius 3 is 2.44 bits per heavy atom. The molecule has 0 bridgehead atoms. The number of nitrogens with zero attached hydrogens (tertiary/aromatic N) is 3. The van der Waals surface area contributed by atoms with E-state index in [0.29, 0.717) is 48.7 Å². The summed E-state index contributed by atoms with van der Waals surface area (Å²) < 4.78 is 66.3. The number of aliphatic hydroxyl groups is 1. The van der Waals surface area contributed by atoms with Gasteiger partial charge in [0.05, 0.1) is 41.1 Å². The number of rotatable bonds is 4. The molecular weight excluding hydrogens is 471 g/mol. The van der Waals surface area contributed by atoms with Crippen molar-refractivity contribution in [2.75, 3.05) is 22.1 Å². The fourth-order valence-corrected chi connectivity index (χ4v) is 6.78. The summed E-state index contributed by atoms with van der Waals surface area (Å²) in [4.78, 5) is 13.1. The lowest BCUT2D eigenvalue weighted by Gasteiger charge is -2.26. The molecule has 1 aliphatic carbocycles. The van der Waals surface area contributed by atoms with Crippen molar-refractivity contribution >= 4 is 33.0 Å². The molecule has 3 aliphatic rings. The van der Waals surface area contributed by atoms with E-state index in [1.807, 2.05) is 0 Å². The number of halogens is 3.